The molecule has 0 saturated carbocycles. The second-order valence-electron chi connectivity index (χ2n) is 7.66. The second kappa shape index (κ2) is 8.55. The lowest BCUT2D eigenvalue weighted by atomic mass is 10.1. The highest BCUT2D eigenvalue weighted by Gasteiger charge is 2.50. The van der Waals surface area contributed by atoms with Gasteiger partial charge in [-0.15, -0.1) is 0 Å². The molecule has 31 heavy (non-hydrogen) atoms. The van der Waals surface area contributed by atoms with Gasteiger partial charge in [-0.25, -0.2) is 8.42 Å². The maximum absolute atomic E-state index is 12.8. The molecule has 0 bridgehead atoms. The summed E-state index contributed by atoms with van der Waals surface area (Å²) in [6, 6.07) is 12.8. The van der Waals surface area contributed by atoms with Crippen LogP contribution in [0, 0.1) is 6.92 Å². The van der Waals surface area contributed by atoms with Crippen LogP contribution < -0.4 is 14.4 Å². The number of carbonyl (C=O) groups excluding carboxylic acids is 1. The Kier molecular flexibility index (Phi) is 5.98. The van der Waals surface area contributed by atoms with Crippen LogP contribution in [0.5, 0.6) is 11.5 Å². The number of hydrogen-bond donors (Lipinski definition) is 0. The Morgan fingerprint density at radius 2 is 1.97 bits per heavy atom. The minimum atomic E-state index is -3.16. The van der Waals surface area contributed by atoms with E-state index >= 15 is 0 Å². The first-order chi connectivity index (χ1) is 14.8. The Balaban J connectivity index is 1.71. The van der Waals surface area contributed by atoms with Crippen LogP contribution in [-0.2, 0) is 21.1 Å². The number of amides is 1. The number of methoxy groups -OCH3 is 2. The van der Waals surface area contributed by atoms with Gasteiger partial charge in [0.25, 0.3) is 5.91 Å². The van der Waals surface area contributed by atoms with Crippen molar-refractivity contribution < 1.29 is 22.7 Å². The van der Waals surface area contributed by atoms with Gasteiger partial charge in [0, 0.05) is 11.3 Å². The van der Waals surface area contributed by atoms with Crippen molar-refractivity contribution in [2.24, 2.45) is 4.99 Å². The fourth-order valence-corrected chi connectivity index (χ4v) is 7.90. The Hall–Kier alpha value is -2.52. The summed E-state index contributed by atoms with van der Waals surface area (Å²) >= 11 is 1.34. The zero-order valence-corrected chi connectivity index (χ0v) is 19.2. The van der Waals surface area contributed by atoms with Gasteiger partial charge in [0.15, 0.2) is 15.0 Å². The minimum Gasteiger partial charge on any atom is -0.497 e. The maximum atomic E-state index is 12.8. The second-order valence-corrected chi connectivity index (χ2v) is 11.0. The van der Waals surface area contributed by atoms with Gasteiger partial charge in [-0.1, -0.05) is 41.6 Å². The van der Waals surface area contributed by atoms with Crippen molar-refractivity contribution in [2.45, 2.75) is 24.6 Å². The Bertz CT molecular complexity index is 1150. The number of rotatable bonds is 5. The maximum Gasteiger partial charge on any atom is 0.252 e. The molecule has 2 fully saturated rings. The number of hydrogen-bond acceptors (Lipinski definition) is 6. The number of carbonyl (C=O) groups is 1. The van der Waals surface area contributed by atoms with E-state index in [1.807, 2.05) is 36.1 Å². The lowest BCUT2D eigenvalue weighted by Crippen LogP contribution is -2.38. The van der Waals surface area contributed by atoms with E-state index in [1.165, 1.54) is 11.8 Å². The minimum absolute atomic E-state index is 0.0100. The first-order valence-electron chi connectivity index (χ1n) is 9.85. The molecule has 2 aliphatic rings. The molecule has 1 amide bonds. The number of benzene rings is 2. The monoisotopic (exact) mass is 460 g/mol. The van der Waals surface area contributed by atoms with Gasteiger partial charge in [0.05, 0.1) is 43.9 Å². The number of amidine groups is 1. The molecular formula is C22H24N2O5S2. The first-order valence-corrected chi connectivity index (χ1v) is 12.5. The number of aryl methyl sites for hydroxylation is 1. The van der Waals surface area contributed by atoms with Gasteiger partial charge in [-0.2, -0.15) is 4.99 Å². The Labute approximate surface area is 186 Å². The summed E-state index contributed by atoms with van der Waals surface area (Å²) in [5, 5.41) is 0.306. The number of fused-ring (bicyclic) bond motifs is 1. The standard InChI is InChI=1S/C22H24N2O5S2/c1-14-5-4-6-15(9-14)10-21(25)23-22-24(18-12-31(26,27)13-20(18)30-22)17-11-16(28-2)7-8-19(17)29-3/h4-9,11,18,20H,10,12-13H2,1-3H3. The summed E-state index contributed by atoms with van der Waals surface area (Å²) in [6.45, 7) is 1.98. The molecule has 2 heterocycles. The fourth-order valence-electron chi connectivity index (χ4n) is 3.97. The molecule has 2 aromatic rings. The van der Waals surface area contributed by atoms with E-state index in [0.717, 1.165) is 11.1 Å². The molecule has 2 unspecified atom stereocenters. The number of sulfone groups is 1. The third-order valence-electron chi connectivity index (χ3n) is 5.37. The van der Waals surface area contributed by atoms with E-state index in [1.54, 1.807) is 32.4 Å². The van der Waals surface area contributed by atoms with Crippen LogP contribution >= 0.6 is 11.8 Å². The smallest absolute Gasteiger partial charge is 0.252 e. The van der Waals surface area contributed by atoms with E-state index < -0.39 is 9.84 Å². The molecule has 2 atom stereocenters. The van der Waals surface area contributed by atoms with Crippen LogP contribution in [0.25, 0.3) is 0 Å². The van der Waals surface area contributed by atoms with E-state index in [9.17, 15) is 13.2 Å². The SMILES string of the molecule is COc1ccc(OC)c(N2C(=NC(=O)Cc3cccc(C)c3)SC3CS(=O)(=O)CC32)c1. The van der Waals surface area contributed by atoms with Crippen molar-refractivity contribution in [3.8, 4) is 11.5 Å². The zero-order chi connectivity index (χ0) is 22.2. The van der Waals surface area contributed by atoms with Crippen LogP contribution in [-0.4, -0.2) is 56.5 Å². The van der Waals surface area contributed by atoms with Gasteiger partial charge in [-0.05, 0) is 24.6 Å². The predicted molar refractivity (Wildman–Crippen MR) is 123 cm³/mol. The number of nitrogens with zero attached hydrogens (tertiary/aromatic N) is 2. The molecule has 2 aliphatic heterocycles. The van der Waals surface area contributed by atoms with Crippen LogP contribution in [0.4, 0.5) is 5.69 Å². The van der Waals surface area contributed by atoms with Gasteiger partial charge in [-0.3, -0.25) is 4.79 Å². The summed E-state index contributed by atoms with van der Waals surface area (Å²) in [6.07, 6.45) is 0.183. The first kappa shape index (κ1) is 21.7. The van der Waals surface area contributed by atoms with Crippen molar-refractivity contribution in [2.75, 3.05) is 30.6 Å². The number of ether oxygens (including phenoxy) is 2. The van der Waals surface area contributed by atoms with E-state index in [2.05, 4.69) is 4.99 Å². The normalized spacial score (nSPS) is 23.1. The fraction of sp³-hybridized carbons (Fsp3) is 0.364. The van der Waals surface area contributed by atoms with Gasteiger partial charge >= 0.3 is 0 Å². The lowest BCUT2D eigenvalue weighted by molar-refractivity contribution is -0.117. The molecule has 9 heteroatoms. The summed E-state index contributed by atoms with van der Waals surface area (Å²) in [7, 11) is -0.0457. The van der Waals surface area contributed by atoms with Crippen molar-refractivity contribution in [3.63, 3.8) is 0 Å². The molecular weight excluding hydrogens is 436 g/mol. The molecule has 0 aliphatic carbocycles. The van der Waals surface area contributed by atoms with Crippen molar-refractivity contribution in [1.29, 1.82) is 0 Å². The van der Waals surface area contributed by atoms with Gasteiger partial charge in [0.1, 0.15) is 11.5 Å². The number of thioether (sulfide) groups is 1. The Morgan fingerprint density at radius 1 is 1.16 bits per heavy atom. The third-order valence-corrected chi connectivity index (χ3v) is 8.58. The molecule has 0 radical (unpaired) electrons. The van der Waals surface area contributed by atoms with Crippen molar-refractivity contribution in [3.05, 3.63) is 53.6 Å². The van der Waals surface area contributed by atoms with Gasteiger partial charge in [0.2, 0.25) is 0 Å². The van der Waals surface area contributed by atoms with Gasteiger partial charge < -0.3 is 14.4 Å². The number of anilines is 1. The largest absolute Gasteiger partial charge is 0.497 e. The summed E-state index contributed by atoms with van der Waals surface area (Å²) in [5.41, 5.74) is 2.61. The van der Waals surface area contributed by atoms with Crippen molar-refractivity contribution in [1.82, 2.24) is 0 Å². The van der Waals surface area contributed by atoms with Crippen LogP contribution in [0.2, 0.25) is 0 Å². The van der Waals surface area contributed by atoms with E-state index in [-0.39, 0.29) is 35.1 Å². The highest BCUT2D eigenvalue weighted by atomic mass is 32.2. The molecule has 0 aromatic heterocycles. The third kappa shape index (κ3) is 4.57. The number of aliphatic imine (C=N–C) groups is 1. The summed E-state index contributed by atoms with van der Waals surface area (Å²) in [5.74, 6) is 0.968. The summed E-state index contributed by atoms with van der Waals surface area (Å²) in [4.78, 5) is 19.0. The molecule has 2 aromatic carbocycles. The molecule has 4 rings (SSSR count). The quantitative estimate of drug-likeness (QED) is 0.678. The highest BCUT2D eigenvalue weighted by Crippen LogP contribution is 2.45. The Morgan fingerprint density at radius 3 is 2.68 bits per heavy atom. The molecule has 0 N–H and O–H groups in total. The average Bonchev–Trinajstić information content (AvgIpc) is 3.17. The molecule has 2 saturated heterocycles. The molecule has 164 valence electrons. The topological polar surface area (TPSA) is 85.3 Å². The zero-order valence-electron chi connectivity index (χ0n) is 17.6. The predicted octanol–water partition coefficient (Wildman–Crippen LogP) is 2.86. The highest BCUT2D eigenvalue weighted by molar-refractivity contribution is 8.16. The average molecular weight is 461 g/mol. The van der Waals surface area contributed by atoms with Crippen LogP contribution in [0.1, 0.15) is 11.1 Å². The molecule has 7 nitrogen and oxygen atoms in total. The van der Waals surface area contributed by atoms with Crippen LogP contribution in [0.15, 0.2) is 47.5 Å². The van der Waals surface area contributed by atoms with Crippen LogP contribution in [0.3, 0.4) is 0 Å². The van der Waals surface area contributed by atoms with E-state index in [0.29, 0.717) is 22.4 Å². The molecule has 0 spiro atoms. The summed E-state index contributed by atoms with van der Waals surface area (Å²) < 4.78 is 35.5. The van der Waals surface area contributed by atoms with Crippen molar-refractivity contribution >= 4 is 38.4 Å². The lowest BCUT2D eigenvalue weighted by Gasteiger charge is -2.26. The van der Waals surface area contributed by atoms with E-state index in [4.69, 9.17) is 9.47 Å².